The summed E-state index contributed by atoms with van der Waals surface area (Å²) < 4.78 is 32.6. The van der Waals surface area contributed by atoms with Crippen LogP contribution in [0.1, 0.15) is 29.8 Å². The van der Waals surface area contributed by atoms with Crippen molar-refractivity contribution in [3.63, 3.8) is 0 Å². The number of piperazine rings is 1. The van der Waals surface area contributed by atoms with Crippen molar-refractivity contribution in [2.24, 2.45) is 0 Å². The summed E-state index contributed by atoms with van der Waals surface area (Å²) in [6.45, 7) is 7.81. The third-order valence-corrected chi connectivity index (χ3v) is 7.92. The summed E-state index contributed by atoms with van der Waals surface area (Å²) in [5.74, 6) is 0.176. The van der Waals surface area contributed by atoms with Crippen LogP contribution in [0.5, 0.6) is 5.75 Å². The van der Waals surface area contributed by atoms with Gasteiger partial charge in [0.1, 0.15) is 5.75 Å². The zero-order valence-corrected chi connectivity index (χ0v) is 20.4. The highest BCUT2D eigenvalue weighted by molar-refractivity contribution is 7.89. The first-order valence-corrected chi connectivity index (χ1v) is 12.8. The number of nitrogens with zero attached hydrogens (tertiary/aromatic N) is 3. The SMILES string of the molecule is CCN(CC)S(=O)(=O)c1ccc(OC)c(C(=O)N2CCN(C/C=C/c3ccccc3)CC2)c1. The van der Waals surface area contributed by atoms with Gasteiger partial charge in [-0.2, -0.15) is 4.31 Å². The van der Waals surface area contributed by atoms with E-state index in [1.165, 1.54) is 23.5 Å². The lowest BCUT2D eigenvalue weighted by Crippen LogP contribution is -2.48. The number of methoxy groups -OCH3 is 1. The molecule has 1 amide bonds. The Morgan fingerprint density at radius 3 is 2.30 bits per heavy atom. The second-order valence-electron chi connectivity index (χ2n) is 7.86. The third kappa shape index (κ3) is 6.01. The van der Waals surface area contributed by atoms with Crippen molar-refractivity contribution >= 4 is 22.0 Å². The van der Waals surface area contributed by atoms with Crippen molar-refractivity contribution in [3.05, 3.63) is 65.7 Å². The summed E-state index contributed by atoms with van der Waals surface area (Å²) in [5.41, 5.74) is 1.45. The molecule has 2 aromatic carbocycles. The van der Waals surface area contributed by atoms with Gasteiger partial charge in [-0.05, 0) is 23.8 Å². The van der Waals surface area contributed by atoms with E-state index in [-0.39, 0.29) is 16.4 Å². The lowest BCUT2D eigenvalue weighted by molar-refractivity contribution is 0.0647. The molecule has 178 valence electrons. The van der Waals surface area contributed by atoms with E-state index < -0.39 is 10.0 Å². The van der Waals surface area contributed by atoms with E-state index in [4.69, 9.17) is 4.74 Å². The van der Waals surface area contributed by atoms with Crippen LogP contribution in [0.4, 0.5) is 0 Å². The molecule has 0 bridgehead atoms. The second kappa shape index (κ2) is 11.4. The fourth-order valence-electron chi connectivity index (χ4n) is 3.93. The molecule has 33 heavy (non-hydrogen) atoms. The van der Waals surface area contributed by atoms with Gasteiger partial charge < -0.3 is 9.64 Å². The Hall–Kier alpha value is -2.68. The maximum absolute atomic E-state index is 13.3. The highest BCUT2D eigenvalue weighted by Gasteiger charge is 2.28. The number of ether oxygens (including phenoxy) is 1. The van der Waals surface area contributed by atoms with Crippen LogP contribution in [0.25, 0.3) is 6.08 Å². The first-order valence-electron chi connectivity index (χ1n) is 11.3. The van der Waals surface area contributed by atoms with Crippen LogP contribution >= 0.6 is 0 Å². The van der Waals surface area contributed by atoms with Gasteiger partial charge in [-0.1, -0.05) is 56.3 Å². The van der Waals surface area contributed by atoms with E-state index in [2.05, 4.69) is 29.2 Å². The molecule has 1 saturated heterocycles. The van der Waals surface area contributed by atoms with Gasteiger partial charge >= 0.3 is 0 Å². The fourth-order valence-corrected chi connectivity index (χ4v) is 5.42. The van der Waals surface area contributed by atoms with Crippen LogP contribution in [0.2, 0.25) is 0 Å². The predicted octanol–water partition coefficient (Wildman–Crippen LogP) is 3.20. The normalized spacial score (nSPS) is 15.3. The van der Waals surface area contributed by atoms with Gasteiger partial charge in [-0.3, -0.25) is 9.69 Å². The summed E-state index contributed by atoms with van der Waals surface area (Å²) >= 11 is 0. The number of amides is 1. The van der Waals surface area contributed by atoms with E-state index in [1.54, 1.807) is 24.8 Å². The number of benzene rings is 2. The molecule has 2 aromatic rings. The number of hydrogen-bond acceptors (Lipinski definition) is 5. The Morgan fingerprint density at radius 2 is 1.70 bits per heavy atom. The van der Waals surface area contributed by atoms with Crippen molar-refractivity contribution in [3.8, 4) is 5.75 Å². The van der Waals surface area contributed by atoms with Gasteiger partial charge in [-0.15, -0.1) is 0 Å². The van der Waals surface area contributed by atoms with Gasteiger partial charge in [-0.25, -0.2) is 8.42 Å². The molecule has 1 fully saturated rings. The summed E-state index contributed by atoms with van der Waals surface area (Å²) in [6, 6.07) is 14.7. The molecular formula is C25H33N3O4S. The minimum atomic E-state index is -3.66. The minimum Gasteiger partial charge on any atom is -0.496 e. The quantitative estimate of drug-likeness (QED) is 0.562. The Kier molecular flexibility index (Phi) is 8.66. The number of hydrogen-bond donors (Lipinski definition) is 0. The molecule has 0 N–H and O–H groups in total. The van der Waals surface area contributed by atoms with Gasteiger partial charge in [0.15, 0.2) is 0 Å². The fraction of sp³-hybridized carbons (Fsp3) is 0.400. The van der Waals surface area contributed by atoms with E-state index in [1.807, 2.05) is 18.2 Å². The lowest BCUT2D eigenvalue weighted by Gasteiger charge is -2.34. The van der Waals surface area contributed by atoms with E-state index in [0.29, 0.717) is 31.9 Å². The lowest BCUT2D eigenvalue weighted by atomic mass is 10.1. The summed E-state index contributed by atoms with van der Waals surface area (Å²) in [7, 11) is -2.18. The average molecular weight is 472 g/mol. The molecule has 1 aliphatic heterocycles. The molecule has 0 aromatic heterocycles. The molecule has 0 aliphatic carbocycles. The maximum Gasteiger partial charge on any atom is 0.257 e. The van der Waals surface area contributed by atoms with E-state index in [0.717, 1.165) is 25.2 Å². The van der Waals surface area contributed by atoms with Crippen LogP contribution in [-0.4, -0.2) is 81.4 Å². The Balaban J connectivity index is 1.68. The molecule has 7 nitrogen and oxygen atoms in total. The van der Waals surface area contributed by atoms with Gasteiger partial charge in [0.25, 0.3) is 5.91 Å². The smallest absolute Gasteiger partial charge is 0.257 e. The molecule has 0 radical (unpaired) electrons. The first-order chi connectivity index (χ1) is 15.9. The van der Waals surface area contributed by atoms with Crippen LogP contribution in [-0.2, 0) is 10.0 Å². The van der Waals surface area contributed by atoms with Crippen molar-refractivity contribution in [1.29, 1.82) is 0 Å². The van der Waals surface area contributed by atoms with Gasteiger partial charge in [0.05, 0.1) is 17.6 Å². The van der Waals surface area contributed by atoms with Crippen LogP contribution < -0.4 is 4.74 Å². The largest absolute Gasteiger partial charge is 0.496 e. The molecule has 0 spiro atoms. The summed E-state index contributed by atoms with van der Waals surface area (Å²) in [6.07, 6.45) is 4.24. The van der Waals surface area contributed by atoms with Crippen molar-refractivity contribution < 1.29 is 17.9 Å². The average Bonchev–Trinajstić information content (AvgIpc) is 2.85. The highest BCUT2D eigenvalue weighted by Crippen LogP contribution is 2.26. The Morgan fingerprint density at radius 1 is 1.03 bits per heavy atom. The first kappa shape index (κ1) is 25.0. The highest BCUT2D eigenvalue weighted by atomic mass is 32.2. The van der Waals surface area contributed by atoms with Crippen LogP contribution in [0.15, 0.2) is 59.5 Å². The third-order valence-electron chi connectivity index (χ3n) is 5.88. The molecule has 0 saturated carbocycles. The van der Waals surface area contributed by atoms with E-state index >= 15 is 0 Å². The van der Waals surface area contributed by atoms with Crippen LogP contribution in [0.3, 0.4) is 0 Å². The second-order valence-corrected chi connectivity index (χ2v) is 9.80. The molecule has 0 atom stereocenters. The Bertz CT molecular complexity index is 1060. The van der Waals surface area contributed by atoms with E-state index in [9.17, 15) is 13.2 Å². The number of sulfonamides is 1. The minimum absolute atomic E-state index is 0.111. The molecule has 1 aliphatic rings. The standard InChI is InChI=1S/C25H33N3O4S/c1-4-28(5-2)33(30,31)22-13-14-24(32-3)23(20-22)25(29)27-18-16-26(17-19-27)15-9-12-21-10-7-6-8-11-21/h6-14,20H,4-5,15-19H2,1-3H3/b12-9+. The molecule has 0 unspecified atom stereocenters. The van der Waals surface area contributed by atoms with Gasteiger partial charge in [0, 0.05) is 45.8 Å². The van der Waals surface area contributed by atoms with Crippen LogP contribution in [0, 0.1) is 0 Å². The van der Waals surface area contributed by atoms with Gasteiger partial charge in [0.2, 0.25) is 10.0 Å². The molecule has 1 heterocycles. The molecular weight excluding hydrogens is 438 g/mol. The Labute approximate surface area is 197 Å². The zero-order valence-electron chi connectivity index (χ0n) is 19.6. The summed E-state index contributed by atoms with van der Waals surface area (Å²) in [5, 5.41) is 0. The van der Waals surface area contributed by atoms with Crippen molar-refractivity contribution in [1.82, 2.24) is 14.1 Å². The number of carbonyl (C=O) groups excluding carboxylic acids is 1. The van der Waals surface area contributed by atoms with Crippen molar-refractivity contribution in [2.75, 3.05) is 52.9 Å². The zero-order chi connectivity index (χ0) is 23.8. The maximum atomic E-state index is 13.3. The molecule has 3 rings (SSSR count). The topological polar surface area (TPSA) is 70.2 Å². The molecule has 8 heteroatoms. The number of rotatable bonds is 9. The monoisotopic (exact) mass is 471 g/mol. The van der Waals surface area contributed by atoms with Crippen molar-refractivity contribution in [2.45, 2.75) is 18.7 Å². The number of carbonyl (C=O) groups is 1. The predicted molar refractivity (Wildman–Crippen MR) is 131 cm³/mol. The summed E-state index contributed by atoms with van der Waals surface area (Å²) in [4.78, 5) is 17.4.